The van der Waals surface area contributed by atoms with Crippen LogP contribution >= 0.6 is 0 Å². The number of anilines is 2. The second kappa shape index (κ2) is 7.06. The Labute approximate surface area is 103 Å². The number of nitrogens with one attached hydrogen (secondary N) is 1. The minimum atomic E-state index is 0.435. The quantitative estimate of drug-likeness (QED) is 0.784. The van der Waals surface area contributed by atoms with Gasteiger partial charge in [-0.25, -0.2) is 9.97 Å². The Balaban J connectivity index is 2.86. The summed E-state index contributed by atoms with van der Waals surface area (Å²) in [6.45, 7) is 5.90. The third-order valence-electron chi connectivity index (χ3n) is 2.86. The molecule has 0 aliphatic heterocycles. The molecule has 1 aromatic heterocycles. The molecule has 1 N–H and O–H groups in total. The molecule has 0 aliphatic rings. The molecule has 1 unspecified atom stereocenters. The number of rotatable bonds is 7. The standard InChI is InChI=1S/C12H22N4O/c1-5-10(2)16(6-7-17-4)12-8-11(13-3)14-9-15-12/h8-10H,5-7H2,1-4H3,(H,13,14,15). The highest BCUT2D eigenvalue weighted by atomic mass is 16.5. The van der Waals surface area contributed by atoms with Gasteiger partial charge in [-0.15, -0.1) is 0 Å². The van der Waals surface area contributed by atoms with Crippen molar-refractivity contribution in [2.24, 2.45) is 0 Å². The van der Waals surface area contributed by atoms with Crippen molar-refractivity contribution in [3.8, 4) is 0 Å². The lowest BCUT2D eigenvalue weighted by Gasteiger charge is -2.29. The van der Waals surface area contributed by atoms with Crippen LogP contribution in [-0.4, -0.2) is 43.3 Å². The summed E-state index contributed by atoms with van der Waals surface area (Å²) in [6, 6.07) is 2.40. The fraction of sp³-hybridized carbons (Fsp3) is 0.667. The molecule has 0 saturated heterocycles. The van der Waals surface area contributed by atoms with Gasteiger partial charge in [0.1, 0.15) is 18.0 Å². The van der Waals surface area contributed by atoms with E-state index in [-0.39, 0.29) is 0 Å². The van der Waals surface area contributed by atoms with E-state index in [0.29, 0.717) is 12.6 Å². The molecule has 5 heteroatoms. The Morgan fingerprint density at radius 3 is 2.82 bits per heavy atom. The van der Waals surface area contributed by atoms with E-state index in [4.69, 9.17) is 4.74 Å². The van der Waals surface area contributed by atoms with E-state index in [1.807, 2.05) is 13.1 Å². The molecule has 0 fully saturated rings. The van der Waals surface area contributed by atoms with Crippen molar-refractivity contribution in [2.75, 3.05) is 37.5 Å². The average molecular weight is 238 g/mol. The first kappa shape index (κ1) is 13.7. The molecule has 0 bridgehead atoms. The highest BCUT2D eigenvalue weighted by Gasteiger charge is 2.14. The first-order chi connectivity index (χ1) is 8.22. The predicted octanol–water partition coefficient (Wildman–Crippen LogP) is 1.77. The van der Waals surface area contributed by atoms with Gasteiger partial charge >= 0.3 is 0 Å². The van der Waals surface area contributed by atoms with Crippen molar-refractivity contribution in [3.05, 3.63) is 12.4 Å². The second-order valence-electron chi connectivity index (χ2n) is 3.95. The summed E-state index contributed by atoms with van der Waals surface area (Å²) in [5, 5.41) is 3.03. The van der Waals surface area contributed by atoms with Crippen LogP contribution in [0.1, 0.15) is 20.3 Å². The van der Waals surface area contributed by atoms with Crippen molar-refractivity contribution in [1.82, 2.24) is 9.97 Å². The fourth-order valence-electron chi connectivity index (χ4n) is 1.61. The summed E-state index contributed by atoms with van der Waals surface area (Å²) in [4.78, 5) is 10.7. The van der Waals surface area contributed by atoms with Gasteiger partial charge in [-0.3, -0.25) is 0 Å². The monoisotopic (exact) mass is 238 g/mol. The molecule has 17 heavy (non-hydrogen) atoms. The largest absolute Gasteiger partial charge is 0.383 e. The Bertz CT molecular complexity index is 332. The number of nitrogens with zero attached hydrogens (tertiary/aromatic N) is 3. The highest BCUT2D eigenvalue weighted by molar-refractivity contribution is 5.48. The first-order valence-corrected chi connectivity index (χ1v) is 5.98. The zero-order valence-electron chi connectivity index (χ0n) is 11.1. The highest BCUT2D eigenvalue weighted by Crippen LogP contribution is 2.17. The molecule has 5 nitrogen and oxygen atoms in total. The summed E-state index contributed by atoms with van der Waals surface area (Å²) < 4.78 is 5.14. The summed E-state index contributed by atoms with van der Waals surface area (Å²) in [7, 11) is 3.57. The summed E-state index contributed by atoms with van der Waals surface area (Å²) >= 11 is 0. The summed E-state index contributed by atoms with van der Waals surface area (Å²) in [6.07, 6.45) is 2.66. The Morgan fingerprint density at radius 2 is 2.24 bits per heavy atom. The minimum absolute atomic E-state index is 0.435. The molecule has 1 atom stereocenters. The molecule has 1 aromatic rings. The molecule has 0 spiro atoms. The van der Waals surface area contributed by atoms with E-state index in [1.54, 1.807) is 13.4 Å². The number of hydrogen-bond donors (Lipinski definition) is 1. The van der Waals surface area contributed by atoms with Crippen LogP contribution in [0.4, 0.5) is 11.6 Å². The van der Waals surface area contributed by atoms with Crippen LogP contribution in [0.5, 0.6) is 0 Å². The van der Waals surface area contributed by atoms with Crippen molar-refractivity contribution in [2.45, 2.75) is 26.3 Å². The summed E-state index contributed by atoms with van der Waals surface area (Å²) in [5.41, 5.74) is 0. The molecule has 0 radical (unpaired) electrons. The van der Waals surface area contributed by atoms with Crippen molar-refractivity contribution < 1.29 is 4.74 Å². The molecule has 1 rings (SSSR count). The molecule has 0 aliphatic carbocycles. The van der Waals surface area contributed by atoms with Gasteiger partial charge in [0.2, 0.25) is 0 Å². The van der Waals surface area contributed by atoms with Crippen LogP contribution in [-0.2, 0) is 4.74 Å². The van der Waals surface area contributed by atoms with E-state index in [2.05, 4.69) is 34.0 Å². The van der Waals surface area contributed by atoms with Gasteiger partial charge < -0.3 is 15.0 Å². The Kier molecular flexibility index (Phi) is 5.69. The van der Waals surface area contributed by atoms with E-state index in [1.165, 1.54) is 0 Å². The van der Waals surface area contributed by atoms with E-state index in [9.17, 15) is 0 Å². The van der Waals surface area contributed by atoms with Gasteiger partial charge in [0.15, 0.2) is 0 Å². The van der Waals surface area contributed by atoms with Crippen molar-refractivity contribution in [1.29, 1.82) is 0 Å². The molecule has 0 amide bonds. The molecule has 1 heterocycles. The fourth-order valence-corrected chi connectivity index (χ4v) is 1.61. The molecule has 96 valence electrons. The number of hydrogen-bond acceptors (Lipinski definition) is 5. The maximum absolute atomic E-state index is 5.14. The van der Waals surface area contributed by atoms with Gasteiger partial charge in [0, 0.05) is 32.8 Å². The van der Waals surface area contributed by atoms with Gasteiger partial charge in [-0.1, -0.05) is 6.92 Å². The zero-order valence-corrected chi connectivity index (χ0v) is 11.1. The predicted molar refractivity (Wildman–Crippen MR) is 70.6 cm³/mol. The van der Waals surface area contributed by atoms with Gasteiger partial charge in [-0.2, -0.15) is 0 Å². The lowest BCUT2D eigenvalue weighted by molar-refractivity contribution is 0.203. The Hall–Kier alpha value is -1.36. The van der Waals surface area contributed by atoms with Crippen molar-refractivity contribution in [3.63, 3.8) is 0 Å². The topological polar surface area (TPSA) is 50.3 Å². The average Bonchev–Trinajstić information content (AvgIpc) is 2.39. The zero-order chi connectivity index (χ0) is 12.7. The van der Waals surface area contributed by atoms with Gasteiger partial charge in [-0.05, 0) is 13.3 Å². The summed E-state index contributed by atoms with van der Waals surface area (Å²) in [5.74, 6) is 1.77. The maximum atomic E-state index is 5.14. The third-order valence-corrected chi connectivity index (χ3v) is 2.86. The smallest absolute Gasteiger partial charge is 0.134 e. The molecular formula is C12H22N4O. The Morgan fingerprint density at radius 1 is 1.47 bits per heavy atom. The van der Waals surface area contributed by atoms with Crippen LogP contribution in [0.25, 0.3) is 0 Å². The van der Waals surface area contributed by atoms with Gasteiger partial charge in [0.05, 0.1) is 6.61 Å². The molecule has 0 aromatic carbocycles. The molecule has 0 saturated carbocycles. The van der Waals surface area contributed by atoms with Crippen LogP contribution in [0, 0.1) is 0 Å². The minimum Gasteiger partial charge on any atom is -0.383 e. The third kappa shape index (κ3) is 3.85. The van der Waals surface area contributed by atoms with Crippen LogP contribution in [0.2, 0.25) is 0 Å². The lowest BCUT2D eigenvalue weighted by atomic mass is 10.2. The van der Waals surface area contributed by atoms with Crippen molar-refractivity contribution >= 4 is 11.6 Å². The van der Waals surface area contributed by atoms with Crippen LogP contribution in [0.3, 0.4) is 0 Å². The number of ether oxygens (including phenoxy) is 1. The van der Waals surface area contributed by atoms with Crippen LogP contribution < -0.4 is 10.2 Å². The van der Waals surface area contributed by atoms with E-state index < -0.39 is 0 Å². The van der Waals surface area contributed by atoms with Gasteiger partial charge in [0.25, 0.3) is 0 Å². The van der Waals surface area contributed by atoms with E-state index in [0.717, 1.165) is 24.6 Å². The first-order valence-electron chi connectivity index (χ1n) is 5.98. The maximum Gasteiger partial charge on any atom is 0.134 e. The van der Waals surface area contributed by atoms with Crippen LogP contribution in [0.15, 0.2) is 12.4 Å². The number of aromatic nitrogens is 2. The normalized spacial score (nSPS) is 12.2. The second-order valence-corrected chi connectivity index (χ2v) is 3.95. The van der Waals surface area contributed by atoms with E-state index >= 15 is 0 Å². The SMILES string of the molecule is CCC(C)N(CCOC)c1cc(NC)ncn1. The number of methoxy groups -OCH3 is 1. The lowest BCUT2D eigenvalue weighted by Crippen LogP contribution is -2.36. The molecular weight excluding hydrogens is 216 g/mol.